The molecule has 0 bridgehead atoms. The number of esters is 1. The lowest BCUT2D eigenvalue weighted by Crippen LogP contribution is -2.00. The van der Waals surface area contributed by atoms with E-state index in [0.717, 1.165) is 14.5 Å². The number of hydrogen-bond donors (Lipinski definition) is 0. The van der Waals surface area contributed by atoms with E-state index in [1.165, 1.54) is 6.92 Å². The van der Waals surface area contributed by atoms with Crippen molar-refractivity contribution >= 4 is 39.5 Å². The Hall–Kier alpha value is -1.04. The van der Waals surface area contributed by atoms with E-state index in [0.29, 0.717) is 5.75 Å². The Morgan fingerprint density at radius 3 is 2.87 bits per heavy atom. The maximum atomic E-state index is 10.9. The van der Waals surface area contributed by atoms with Crippen LogP contribution in [0.25, 0.3) is 10.9 Å². The quantitative estimate of drug-likeness (QED) is 0.598. The third-order valence-corrected chi connectivity index (χ3v) is 2.84. The molecule has 0 N–H and O–H groups in total. The normalized spacial score (nSPS) is 10.6. The first-order valence-electron chi connectivity index (χ1n) is 4.51. The zero-order valence-electron chi connectivity index (χ0n) is 8.45. The van der Waals surface area contributed by atoms with Crippen molar-refractivity contribution in [2.45, 2.75) is 6.92 Å². The van der Waals surface area contributed by atoms with Crippen molar-refractivity contribution in [3.63, 3.8) is 0 Å². The van der Waals surface area contributed by atoms with Crippen LogP contribution in [0, 0.1) is 3.57 Å². The van der Waals surface area contributed by atoms with Gasteiger partial charge in [-0.05, 0) is 40.8 Å². The topological polar surface area (TPSA) is 31.2 Å². The molecule has 15 heavy (non-hydrogen) atoms. The smallest absolute Gasteiger partial charge is 0.308 e. The molecule has 78 valence electrons. The van der Waals surface area contributed by atoms with Gasteiger partial charge in [-0.1, -0.05) is 0 Å². The first-order chi connectivity index (χ1) is 7.08. The number of carbonyl (C=O) groups is 1. The number of ether oxygens (including phenoxy) is 1. The fourth-order valence-electron chi connectivity index (χ4n) is 1.56. The number of aryl methyl sites for hydroxylation is 1. The van der Waals surface area contributed by atoms with Gasteiger partial charge in [-0.15, -0.1) is 0 Å². The molecular formula is C11H10INO2. The summed E-state index contributed by atoms with van der Waals surface area (Å²) in [6.07, 6.45) is 1.82. The first-order valence-corrected chi connectivity index (χ1v) is 5.59. The Labute approximate surface area is 101 Å². The first kappa shape index (κ1) is 10.5. The van der Waals surface area contributed by atoms with Crippen LogP contribution in [0.2, 0.25) is 0 Å². The summed E-state index contributed by atoms with van der Waals surface area (Å²) in [4.78, 5) is 10.9. The average Bonchev–Trinajstić information content (AvgIpc) is 2.42. The van der Waals surface area contributed by atoms with Gasteiger partial charge in [0.05, 0.1) is 5.52 Å². The van der Waals surface area contributed by atoms with Crippen molar-refractivity contribution in [2.75, 3.05) is 0 Å². The third-order valence-electron chi connectivity index (χ3n) is 2.17. The summed E-state index contributed by atoms with van der Waals surface area (Å²) in [6, 6.07) is 6.02. The van der Waals surface area contributed by atoms with Crippen LogP contribution < -0.4 is 4.74 Å². The molecule has 0 aliphatic carbocycles. The van der Waals surface area contributed by atoms with E-state index in [1.807, 2.05) is 29.9 Å². The minimum absolute atomic E-state index is 0.291. The molecule has 1 aromatic heterocycles. The molecule has 2 rings (SSSR count). The monoisotopic (exact) mass is 315 g/mol. The van der Waals surface area contributed by atoms with E-state index in [4.69, 9.17) is 4.74 Å². The van der Waals surface area contributed by atoms with Crippen molar-refractivity contribution in [1.29, 1.82) is 0 Å². The molecule has 0 radical (unpaired) electrons. The van der Waals surface area contributed by atoms with Gasteiger partial charge in [-0.2, -0.15) is 0 Å². The van der Waals surface area contributed by atoms with Gasteiger partial charge in [0.15, 0.2) is 5.75 Å². The highest BCUT2D eigenvalue weighted by Gasteiger charge is 2.09. The molecule has 4 heteroatoms. The SMILES string of the molecule is CC(=O)Oc1cn(C)c2cc(I)ccc12. The molecule has 0 saturated carbocycles. The number of nitrogens with zero attached hydrogens (tertiary/aromatic N) is 1. The van der Waals surface area contributed by atoms with Gasteiger partial charge >= 0.3 is 5.97 Å². The second-order valence-corrected chi connectivity index (χ2v) is 4.61. The maximum Gasteiger partial charge on any atom is 0.308 e. The van der Waals surface area contributed by atoms with E-state index in [2.05, 4.69) is 28.7 Å². The number of carbonyl (C=O) groups excluding carboxylic acids is 1. The number of fused-ring (bicyclic) bond motifs is 1. The van der Waals surface area contributed by atoms with Gasteiger partial charge in [0.25, 0.3) is 0 Å². The molecule has 0 unspecified atom stereocenters. The molecule has 0 aliphatic heterocycles. The number of hydrogen-bond acceptors (Lipinski definition) is 2. The molecule has 1 aromatic carbocycles. The van der Waals surface area contributed by atoms with Crippen LogP contribution >= 0.6 is 22.6 Å². The maximum absolute atomic E-state index is 10.9. The summed E-state index contributed by atoms with van der Waals surface area (Å²) in [5, 5.41) is 0.966. The van der Waals surface area contributed by atoms with Gasteiger partial charge in [0.2, 0.25) is 0 Å². The van der Waals surface area contributed by atoms with Gasteiger partial charge < -0.3 is 9.30 Å². The Bertz CT molecular complexity index is 531. The highest BCUT2D eigenvalue weighted by molar-refractivity contribution is 14.1. The lowest BCUT2D eigenvalue weighted by atomic mass is 10.2. The Balaban J connectivity index is 2.62. The van der Waals surface area contributed by atoms with Crippen molar-refractivity contribution in [1.82, 2.24) is 4.57 Å². The number of halogens is 1. The molecule has 1 heterocycles. The van der Waals surface area contributed by atoms with Crippen LogP contribution in [0.3, 0.4) is 0 Å². The van der Waals surface area contributed by atoms with E-state index in [9.17, 15) is 4.79 Å². The van der Waals surface area contributed by atoms with Crippen LogP contribution in [-0.2, 0) is 11.8 Å². The summed E-state index contributed by atoms with van der Waals surface area (Å²) in [5.74, 6) is 0.331. The third kappa shape index (κ3) is 1.99. The summed E-state index contributed by atoms with van der Waals surface area (Å²) in [5.41, 5.74) is 1.07. The minimum Gasteiger partial charge on any atom is -0.424 e. The molecule has 0 atom stereocenters. The largest absolute Gasteiger partial charge is 0.424 e. The highest BCUT2D eigenvalue weighted by atomic mass is 127. The molecule has 0 spiro atoms. The summed E-state index contributed by atoms with van der Waals surface area (Å²) in [6.45, 7) is 1.41. The summed E-state index contributed by atoms with van der Waals surface area (Å²) < 4.78 is 8.24. The van der Waals surface area contributed by atoms with Crippen LogP contribution in [0.1, 0.15) is 6.92 Å². The van der Waals surface area contributed by atoms with E-state index in [1.54, 1.807) is 0 Å². The van der Waals surface area contributed by atoms with E-state index in [-0.39, 0.29) is 5.97 Å². The lowest BCUT2D eigenvalue weighted by Gasteiger charge is -1.98. The standard InChI is InChI=1S/C11H10INO2/c1-7(14)15-11-6-13(2)10-5-8(12)3-4-9(10)11/h3-6H,1-2H3. The second kappa shape index (κ2) is 3.84. The number of aromatic nitrogens is 1. The molecular weight excluding hydrogens is 305 g/mol. The average molecular weight is 315 g/mol. The zero-order chi connectivity index (χ0) is 11.0. The van der Waals surface area contributed by atoms with Gasteiger partial charge in [-0.3, -0.25) is 4.79 Å². The highest BCUT2D eigenvalue weighted by Crippen LogP contribution is 2.28. The summed E-state index contributed by atoms with van der Waals surface area (Å²) >= 11 is 2.26. The van der Waals surface area contributed by atoms with Crippen LogP contribution in [0.15, 0.2) is 24.4 Å². The van der Waals surface area contributed by atoms with Gasteiger partial charge in [0, 0.05) is 29.1 Å². The molecule has 0 aliphatic rings. The van der Waals surface area contributed by atoms with Crippen molar-refractivity contribution in [3.8, 4) is 5.75 Å². The Kier molecular flexibility index (Phi) is 2.68. The predicted octanol–water partition coefficient (Wildman–Crippen LogP) is 2.71. The van der Waals surface area contributed by atoms with E-state index >= 15 is 0 Å². The van der Waals surface area contributed by atoms with Crippen molar-refractivity contribution in [3.05, 3.63) is 28.0 Å². The number of benzene rings is 1. The van der Waals surface area contributed by atoms with E-state index < -0.39 is 0 Å². The van der Waals surface area contributed by atoms with Crippen LogP contribution in [0.5, 0.6) is 5.75 Å². The fraction of sp³-hybridized carbons (Fsp3) is 0.182. The fourth-order valence-corrected chi connectivity index (χ4v) is 2.03. The van der Waals surface area contributed by atoms with Crippen LogP contribution in [-0.4, -0.2) is 10.5 Å². The molecule has 0 saturated heterocycles. The van der Waals surface area contributed by atoms with Crippen molar-refractivity contribution in [2.24, 2.45) is 7.05 Å². The predicted molar refractivity (Wildman–Crippen MR) is 66.9 cm³/mol. The second-order valence-electron chi connectivity index (χ2n) is 3.36. The Morgan fingerprint density at radius 2 is 2.20 bits per heavy atom. The van der Waals surface area contributed by atoms with Crippen molar-refractivity contribution < 1.29 is 9.53 Å². The van der Waals surface area contributed by atoms with Gasteiger partial charge in [0.1, 0.15) is 0 Å². The zero-order valence-corrected chi connectivity index (χ0v) is 10.6. The minimum atomic E-state index is -0.291. The molecule has 0 fully saturated rings. The molecule has 0 amide bonds. The lowest BCUT2D eigenvalue weighted by molar-refractivity contribution is -0.131. The molecule has 3 nitrogen and oxygen atoms in total. The Morgan fingerprint density at radius 1 is 1.47 bits per heavy atom. The number of rotatable bonds is 1. The molecule has 2 aromatic rings. The summed E-state index contributed by atoms with van der Waals surface area (Å²) in [7, 11) is 1.94. The van der Waals surface area contributed by atoms with Crippen LogP contribution in [0.4, 0.5) is 0 Å². The van der Waals surface area contributed by atoms with Gasteiger partial charge in [-0.25, -0.2) is 0 Å².